The third kappa shape index (κ3) is 6.23. The Labute approximate surface area is 215 Å². The second kappa shape index (κ2) is 11.7. The summed E-state index contributed by atoms with van der Waals surface area (Å²) in [5.74, 6) is 2.20. The first kappa shape index (κ1) is 25.3. The van der Waals surface area contributed by atoms with Gasteiger partial charge in [-0.25, -0.2) is 0 Å². The molecule has 0 atom stereocenters. The Morgan fingerprint density at radius 2 is 1.69 bits per heavy atom. The van der Waals surface area contributed by atoms with Crippen molar-refractivity contribution in [3.05, 3.63) is 94.3 Å². The van der Waals surface area contributed by atoms with Crippen LogP contribution in [0, 0.1) is 6.92 Å². The number of rotatable bonds is 10. The van der Waals surface area contributed by atoms with Crippen LogP contribution in [0.3, 0.4) is 0 Å². The fourth-order valence-corrected chi connectivity index (χ4v) is 4.02. The van der Waals surface area contributed by atoms with Crippen LogP contribution in [-0.2, 0) is 12.8 Å². The molecule has 1 aromatic heterocycles. The highest BCUT2D eigenvalue weighted by atomic mass is 35.5. The first-order valence-corrected chi connectivity index (χ1v) is 12.0. The van der Waals surface area contributed by atoms with Crippen molar-refractivity contribution >= 4 is 17.5 Å². The fourth-order valence-electron chi connectivity index (χ4n) is 3.83. The molecule has 8 heteroatoms. The SMILES string of the molecule is COc1ccc(CCN(CCc2nc(-c3cccc(Cl)c3)no2)C(=O)c2ccc(C)cc2)cc1OC. The summed E-state index contributed by atoms with van der Waals surface area (Å²) in [5.41, 5.74) is 3.55. The summed E-state index contributed by atoms with van der Waals surface area (Å²) in [6, 6.07) is 20.6. The first-order chi connectivity index (χ1) is 17.5. The number of aromatic nitrogens is 2. The maximum Gasteiger partial charge on any atom is 0.253 e. The standard InChI is InChI=1S/C28H28ClN3O4/c1-19-7-10-21(11-8-19)28(33)32(15-13-20-9-12-24(34-2)25(17-20)35-3)16-14-26-30-27(31-36-26)22-5-4-6-23(29)18-22/h4-12,17-18H,13-16H2,1-3H3. The molecule has 0 aliphatic carbocycles. The molecule has 1 heterocycles. The van der Waals surface area contributed by atoms with E-state index in [1.165, 1.54) is 0 Å². The number of methoxy groups -OCH3 is 2. The average Bonchev–Trinajstić information content (AvgIpc) is 3.38. The predicted molar refractivity (Wildman–Crippen MR) is 139 cm³/mol. The van der Waals surface area contributed by atoms with Crippen LogP contribution in [-0.4, -0.2) is 48.3 Å². The number of carbonyl (C=O) groups excluding carboxylic acids is 1. The minimum atomic E-state index is -0.0509. The van der Waals surface area contributed by atoms with Gasteiger partial charge in [0.1, 0.15) is 0 Å². The maximum absolute atomic E-state index is 13.4. The molecule has 4 rings (SSSR count). The van der Waals surface area contributed by atoms with E-state index in [1.807, 2.05) is 66.4 Å². The third-order valence-corrected chi connectivity index (χ3v) is 6.09. The molecule has 0 aliphatic rings. The highest BCUT2D eigenvalue weighted by Gasteiger charge is 2.18. The van der Waals surface area contributed by atoms with E-state index in [1.54, 1.807) is 26.4 Å². The lowest BCUT2D eigenvalue weighted by Gasteiger charge is -2.22. The minimum absolute atomic E-state index is 0.0509. The van der Waals surface area contributed by atoms with Crippen molar-refractivity contribution in [3.8, 4) is 22.9 Å². The topological polar surface area (TPSA) is 77.7 Å². The summed E-state index contributed by atoms with van der Waals surface area (Å²) in [6.07, 6.45) is 1.08. The molecule has 3 aromatic carbocycles. The van der Waals surface area contributed by atoms with Crippen LogP contribution in [0.25, 0.3) is 11.4 Å². The van der Waals surface area contributed by atoms with Gasteiger partial charge in [-0.1, -0.05) is 52.7 Å². The molecule has 0 saturated carbocycles. The quantitative estimate of drug-likeness (QED) is 0.277. The first-order valence-electron chi connectivity index (χ1n) is 11.6. The van der Waals surface area contributed by atoms with Crippen molar-refractivity contribution in [1.82, 2.24) is 15.0 Å². The van der Waals surface area contributed by atoms with E-state index in [0.29, 0.717) is 59.7 Å². The van der Waals surface area contributed by atoms with E-state index in [4.69, 9.17) is 25.6 Å². The van der Waals surface area contributed by atoms with Gasteiger partial charge < -0.3 is 18.9 Å². The zero-order valence-electron chi connectivity index (χ0n) is 20.5. The van der Waals surface area contributed by atoms with Crippen LogP contribution in [0.4, 0.5) is 0 Å². The summed E-state index contributed by atoms with van der Waals surface area (Å²) in [4.78, 5) is 19.7. The maximum atomic E-state index is 13.4. The lowest BCUT2D eigenvalue weighted by atomic mass is 10.1. The van der Waals surface area contributed by atoms with Crippen LogP contribution < -0.4 is 9.47 Å². The molecule has 1 amide bonds. The Hall–Kier alpha value is -3.84. The van der Waals surface area contributed by atoms with Crippen LogP contribution in [0.2, 0.25) is 5.02 Å². The molecule has 0 spiro atoms. The van der Waals surface area contributed by atoms with Gasteiger partial charge in [0.2, 0.25) is 11.7 Å². The Bertz CT molecular complexity index is 1320. The minimum Gasteiger partial charge on any atom is -0.493 e. The number of carbonyl (C=O) groups is 1. The zero-order valence-corrected chi connectivity index (χ0v) is 21.3. The van der Waals surface area contributed by atoms with Crippen molar-refractivity contribution in [2.24, 2.45) is 0 Å². The van der Waals surface area contributed by atoms with E-state index >= 15 is 0 Å². The Morgan fingerprint density at radius 3 is 2.42 bits per heavy atom. The summed E-state index contributed by atoms with van der Waals surface area (Å²) in [5, 5.41) is 4.67. The summed E-state index contributed by atoms with van der Waals surface area (Å²) < 4.78 is 16.2. The molecule has 0 saturated heterocycles. The number of benzene rings is 3. The number of ether oxygens (including phenoxy) is 2. The summed E-state index contributed by atoms with van der Waals surface area (Å²) >= 11 is 6.08. The van der Waals surface area contributed by atoms with Gasteiger partial charge in [0.15, 0.2) is 11.5 Å². The molecular formula is C28H28ClN3O4. The van der Waals surface area contributed by atoms with Crippen molar-refractivity contribution in [2.45, 2.75) is 19.8 Å². The van der Waals surface area contributed by atoms with E-state index in [-0.39, 0.29) is 5.91 Å². The summed E-state index contributed by atoms with van der Waals surface area (Å²) in [7, 11) is 3.21. The number of halogens is 1. The molecule has 0 aliphatic heterocycles. The van der Waals surface area contributed by atoms with E-state index < -0.39 is 0 Å². The number of hydrogen-bond donors (Lipinski definition) is 0. The summed E-state index contributed by atoms with van der Waals surface area (Å²) in [6.45, 7) is 2.94. The molecule has 0 fully saturated rings. The zero-order chi connectivity index (χ0) is 25.5. The Balaban J connectivity index is 1.49. The van der Waals surface area contributed by atoms with Gasteiger partial charge in [-0.15, -0.1) is 0 Å². The van der Waals surface area contributed by atoms with E-state index in [2.05, 4.69) is 10.1 Å². The van der Waals surface area contributed by atoms with E-state index in [9.17, 15) is 4.79 Å². The normalized spacial score (nSPS) is 10.8. The lowest BCUT2D eigenvalue weighted by Crippen LogP contribution is -2.34. The van der Waals surface area contributed by atoms with Crippen LogP contribution >= 0.6 is 11.6 Å². The lowest BCUT2D eigenvalue weighted by molar-refractivity contribution is 0.0756. The molecule has 0 bridgehead atoms. The monoisotopic (exact) mass is 505 g/mol. The Morgan fingerprint density at radius 1 is 0.944 bits per heavy atom. The molecule has 186 valence electrons. The van der Waals surface area contributed by atoms with Gasteiger partial charge in [0.25, 0.3) is 5.91 Å². The van der Waals surface area contributed by atoms with Crippen LogP contribution in [0.15, 0.2) is 71.3 Å². The molecule has 0 N–H and O–H groups in total. The number of hydrogen-bond acceptors (Lipinski definition) is 6. The van der Waals surface area contributed by atoms with Crippen molar-refractivity contribution < 1.29 is 18.8 Å². The van der Waals surface area contributed by atoms with Gasteiger partial charge in [-0.3, -0.25) is 4.79 Å². The fraction of sp³-hybridized carbons (Fsp3) is 0.250. The van der Waals surface area contributed by atoms with Gasteiger partial charge >= 0.3 is 0 Å². The number of amides is 1. The average molecular weight is 506 g/mol. The van der Waals surface area contributed by atoms with Crippen molar-refractivity contribution in [2.75, 3.05) is 27.3 Å². The number of aryl methyl sites for hydroxylation is 1. The van der Waals surface area contributed by atoms with Gasteiger partial charge in [0.05, 0.1) is 14.2 Å². The van der Waals surface area contributed by atoms with Gasteiger partial charge in [-0.2, -0.15) is 4.98 Å². The molecule has 0 radical (unpaired) electrons. The molecule has 4 aromatic rings. The second-order valence-electron chi connectivity index (χ2n) is 8.37. The highest BCUT2D eigenvalue weighted by molar-refractivity contribution is 6.30. The molecular weight excluding hydrogens is 478 g/mol. The van der Waals surface area contributed by atoms with Crippen LogP contribution in [0.1, 0.15) is 27.4 Å². The third-order valence-electron chi connectivity index (χ3n) is 5.85. The second-order valence-corrected chi connectivity index (χ2v) is 8.81. The Kier molecular flexibility index (Phi) is 8.23. The molecule has 36 heavy (non-hydrogen) atoms. The van der Waals surface area contributed by atoms with Gasteiger partial charge in [0, 0.05) is 35.7 Å². The molecule has 7 nitrogen and oxygen atoms in total. The smallest absolute Gasteiger partial charge is 0.253 e. The predicted octanol–water partition coefficient (Wildman–Crippen LogP) is 5.64. The largest absolute Gasteiger partial charge is 0.493 e. The van der Waals surface area contributed by atoms with Crippen molar-refractivity contribution in [1.29, 1.82) is 0 Å². The van der Waals surface area contributed by atoms with E-state index in [0.717, 1.165) is 16.7 Å². The highest BCUT2D eigenvalue weighted by Crippen LogP contribution is 2.28. The van der Waals surface area contributed by atoms with Gasteiger partial charge in [-0.05, 0) is 55.3 Å². The number of nitrogens with zero attached hydrogens (tertiary/aromatic N) is 3. The van der Waals surface area contributed by atoms with Crippen molar-refractivity contribution in [3.63, 3.8) is 0 Å². The molecule has 0 unspecified atom stereocenters. The van der Waals surface area contributed by atoms with Crippen LogP contribution in [0.5, 0.6) is 11.5 Å².